The first kappa shape index (κ1) is 14.1. The summed E-state index contributed by atoms with van der Waals surface area (Å²) in [6.07, 6.45) is 5.51. The maximum atomic E-state index is 4.54. The summed E-state index contributed by atoms with van der Waals surface area (Å²) in [5.41, 5.74) is 1.18. The van der Waals surface area contributed by atoms with Crippen LogP contribution in [-0.4, -0.2) is 29.1 Å². The van der Waals surface area contributed by atoms with E-state index < -0.39 is 0 Å². The van der Waals surface area contributed by atoms with E-state index >= 15 is 0 Å². The van der Waals surface area contributed by atoms with Crippen LogP contribution in [-0.2, 0) is 0 Å². The Morgan fingerprint density at radius 2 is 2.11 bits per heavy atom. The van der Waals surface area contributed by atoms with Gasteiger partial charge in [-0.3, -0.25) is 0 Å². The van der Waals surface area contributed by atoms with Crippen molar-refractivity contribution < 1.29 is 0 Å². The Labute approximate surface area is 116 Å². The lowest BCUT2D eigenvalue weighted by atomic mass is 10.1. The van der Waals surface area contributed by atoms with Crippen LogP contribution in [0.1, 0.15) is 45.6 Å². The normalized spacial score (nSPS) is 14.8. The number of hydrogen-bond donors (Lipinski definition) is 1. The fraction of sp³-hybridized carbons (Fsp3) is 0.733. The molecule has 2 rings (SSSR count). The van der Waals surface area contributed by atoms with Gasteiger partial charge in [0.15, 0.2) is 0 Å². The lowest BCUT2D eigenvalue weighted by Gasteiger charge is -2.26. The van der Waals surface area contributed by atoms with E-state index in [-0.39, 0.29) is 0 Å². The van der Waals surface area contributed by atoms with Crippen molar-refractivity contribution in [1.82, 2.24) is 9.97 Å². The number of aromatic nitrogens is 2. The standard InChI is InChI=1S/C15H26N4/c1-5-16-14-12(4)15(18-10-17-14)19(13-6-7-13)9-8-11(2)3/h10-11,13H,5-9H2,1-4H3,(H,16,17,18). The number of rotatable bonds is 7. The molecule has 0 bridgehead atoms. The second kappa shape index (κ2) is 6.22. The summed E-state index contributed by atoms with van der Waals surface area (Å²) in [4.78, 5) is 11.4. The van der Waals surface area contributed by atoms with Crippen LogP contribution in [0.15, 0.2) is 6.33 Å². The fourth-order valence-corrected chi connectivity index (χ4v) is 2.32. The second-order valence-electron chi connectivity index (χ2n) is 5.81. The van der Waals surface area contributed by atoms with Crippen molar-refractivity contribution in [3.63, 3.8) is 0 Å². The maximum Gasteiger partial charge on any atom is 0.137 e. The van der Waals surface area contributed by atoms with E-state index in [9.17, 15) is 0 Å². The first-order valence-electron chi connectivity index (χ1n) is 7.45. The van der Waals surface area contributed by atoms with E-state index in [1.807, 2.05) is 0 Å². The SMILES string of the molecule is CCNc1ncnc(N(CCC(C)C)C2CC2)c1C. The lowest BCUT2D eigenvalue weighted by Crippen LogP contribution is -2.29. The van der Waals surface area contributed by atoms with Crippen LogP contribution < -0.4 is 10.2 Å². The van der Waals surface area contributed by atoms with Gasteiger partial charge < -0.3 is 10.2 Å². The molecule has 1 fully saturated rings. The highest BCUT2D eigenvalue weighted by Crippen LogP contribution is 2.34. The fourth-order valence-electron chi connectivity index (χ4n) is 2.32. The van der Waals surface area contributed by atoms with Crippen LogP contribution >= 0.6 is 0 Å². The van der Waals surface area contributed by atoms with Crippen molar-refractivity contribution in [3.05, 3.63) is 11.9 Å². The zero-order chi connectivity index (χ0) is 13.8. The molecule has 4 nitrogen and oxygen atoms in total. The Morgan fingerprint density at radius 1 is 1.37 bits per heavy atom. The van der Waals surface area contributed by atoms with Gasteiger partial charge in [0, 0.05) is 24.7 Å². The van der Waals surface area contributed by atoms with E-state index in [0.29, 0.717) is 6.04 Å². The number of hydrogen-bond acceptors (Lipinski definition) is 4. The van der Waals surface area contributed by atoms with Crippen LogP contribution in [0.3, 0.4) is 0 Å². The van der Waals surface area contributed by atoms with Crippen LogP contribution in [0.2, 0.25) is 0 Å². The van der Waals surface area contributed by atoms with Gasteiger partial charge in [0.05, 0.1) is 0 Å². The smallest absolute Gasteiger partial charge is 0.137 e. The molecule has 0 aliphatic heterocycles. The van der Waals surface area contributed by atoms with E-state index in [1.165, 1.54) is 24.8 Å². The van der Waals surface area contributed by atoms with Crippen LogP contribution in [0.5, 0.6) is 0 Å². The summed E-state index contributed by atoms with van der Waals surface area (Å²) in [5.74, 6) is 2.83. The van der Waals surface area contributed by atoms with Gasteiger partial charge in [0.2, 0.25) is 0 Å². The van der Waals surface area contributed by atoms with Crippen molar-refractivity contribution in [2.24, 2.45) is 5.92 Å². The highest BCUT2D eigenvalue weighted by molar-refractivity contribution is 5.58. The molecule has 1 aliphatic rings. The van der Waals surface area contributed by atoms with Crippen molar-refractivity contribution >= 4 is 11.6 Å². The molecule has 1 heterocycles. The molecule has 19 heavy (non-hydrogen) atoms. The van der Waals surface area contributed by atoms with Crippen molar-refractivity contribution in [2.45, 2.75) is 53.0 Å². The molecular weight excluding hydrogens is 236 g/mol. The molecule has 1 aromatic heterocycles. The molecule has 1 aromatic rings. The molecule has 0 radical (unpaired) electrons. The van der Waals surface area contributed by atoms with Crippen LogP contribution in [0.4, 0.5) is 11.6 Å². The van der Waals surface area contributed by atoms with Gasteiger partial charge in [-0.1, -0.05) is 13.8 Å². The van der Waals surface area contributed by atoms with E-state index in [4.69, 9.17) is 0 Å². The average Bonchev–Trinajstić information content (AvgIpc) is 3.18. The summed E-state index contributed by atoms with van der Waals surface area (Å²) < 4.78 is 0. The van der Waals surface area contributed by atoms with Gasteiger partial charge >= 0.3 is 0 Å². The number of nitrogens with one attached hydrogen (secondary N) is 1. The van der Waals surface area contributed by atoms with Gasteiger partial charge in [0.1, 0.15) is 18.0 Å². The Kier molecular flexibility index (Phi) is 4.61. The molecule has 1 N–H and O–H groups in total. The monoisotopic (exact) mass is 262 g/mol. The Morgan fingerprint density at radius 3 is 2.68 bits per heavy atom. The van der Waals surface area contributed by atoms with Crippen molar-refractivity contribution in [3.8, 4) is 0 Å². The molecule has 106 valence electrons. The van der Waals surface area contributed by atoms with Gasteiger partial charge in [0.25, 0.3) is 0 Å². The van der Waals surface area contributed by atoms with Crippen molar-refractivity contribution in [1.29, 1.82) is 0 Å². The molecule has 4 heteroatoms. The predicted molar refractivity (Wildman–Crippen MR) is 80.8 cm³/mol. The minimum atomic E-state index is 0.696. The zero-order valence-corrected chi connectivity index (χ0v) is 12.6. The third-order valence-electron chi connectivity index (χ3n) is 3.61. The van der Waals surface area contributed by atoms with E-state index in [2.05, 4.69) is 47.9 Å². The Hall–Kier alpha value is -1.32. The minimum Gasteiger partial charge on any atom is -0.370 e. The lowest BCUT2D eigenvalue weighted by molar-refractivity contribution is 0.568. The Balaban J connectivity index is 2.18. The quantitative estimate of drug-likeness (QED) is 0.819. The third-order valence-corrected chi connectivity index (χ3v) is 3.61. The highest BCUT2D eigenvalue weighted by Gasteiger charge is 2.31. The van der Waals surface area contributed by atoms with Crippen LogP contribution in [0, 0.1) is 12.8 Å². The average molecular weight is 262 g/mol. The Bertz CT molecular complexity index is 413. The van der Waals surface area contributed by atoms with Gasteiger partial charge in [-0.25, -0.2) is 9.97 Å². The zero-order valence-electron chi connectivity index (χ0n) is 12.6. The summed E-state index contributed by atoms with van der Waals surface area (Å²) in [6.45, 7) is 10.8. The largest absolute Gasteiger partial charge is 0.370 e. The number of anilines is 2. The molecule has 0 saturated heterocycles. The first-order valence-corrected chi connectivity index (χ1v) is 7.45. The van der Waals surface area contributed by atoms with Crippen molar-refractivity contribution in [2.75, 3.05) is 23.3 Å². The molecule has 0 spiro atoms. The predicted octanol–water partition coefficient (Wildman–Crippen LogP) is 3.23. The third kappa shape index (κ3) is 3.58. The summed E-state index contributed by atoms with van der Waals surface area (Å²) in [5, 5.41) is 3.32. The minimum absolute atomic E-state index is 0.696. The molecule has 0 amide bonds. The summed E-state index contributed by atoms with van der Waals surface area (Å²) in [6, 6.07) is 0.696. The summed E-state index contributed by atoms with van der Waals surface area (Å²) in [7, 11) is 0. The van der Waals surface area contributed by atoms with Gasteiger partial charge in [-0.2, -0.15) is 0 Å². The topological polar surface area (TPSA) is 41.1 Å². The maximum absolute atomic E-state index is 4.54. The van der Waals surface area contributed by atoms with Crippen LogP contribution in [0.25, 0.3) is 0 Å². The molecule has 0 aromatic carbocycles. The molecule has 1 saturated carbocycles. The molecule has 0 atom stereocenters. The van der Waals surface area contributed by atoms with E-state index in [1.54, 1.807) is 6.33 Å². The second-order valence-corrected chi connectivity index (χ2v) is 5.81. The van der Waals surface area contributed by atoms with E-state index in [0.717, 1.165) is 30.6 Å². The molecule has 0 unspecified atom stereocenters. The number of nitrogens with zero attached hydrogens (tertiary/aromatic N) is 3. The summed E-state index contributed by atoms with van der Waals surface area (Å²) >= 11 is 0. The molecule has 1 aliphatic carbocycles. The molecular formula is C15H26N4. The van der Waals surface area contributed by atoms with Gasteiger partial charge in [-0.15, -0.1) is 0 Å². The highest BCUT2D eigenvalue weighted by atomic mass is 15.2. The first-order chi connectivity index (χ1) is 9.13. The van der Waals surface area contributed by atoms with Gasteiger partial charge in [-0.05, 0) is 39.0 Å².